The van der Waals surface area contributed by atoms with Crippen molar-refractivity contribution < 1.29 is 28.7 Å². The molecule has 0 radical (unpaired) electrons. The number of unbranched alkanes of at least 4 members (excludes halogenated alkanes) is 6. The van der Waals surface area contributed by atoms with E-state index in [1.807, 2.05) is 36.7 Å². The lowest BCUT2D eigenvalue weighted by atomic mass is 10.1. The molecular formula is C22H32IN2O-. The Morgan fingerprint density at radius 3 is 2.04 bits per heavy atom. The summed E-state index contributed by atoms with van der Waals surface area (Å²) in [5, 5.41) is 0. The lowest BCUT2D eigenvalue weighted by Gasteiger charge is -2.06. The molecule has 1 heterocycles. The first-order valence-electron chi connectivity index (χ1n) is 9.87. The molecule has 0 bridgehead atoms. The number of nitrogens with zero attached hydrogens (tertiary/aromatic N) is 2. The molecule has 0 saturated carbocycles. The smallest absolute Gasteiger partial charge is 0.159 e. The average Bonchev–Trinajstić information content (AvgIpc) is 2.66. The molecule has 1 aromatic carbocycles. The first-order chi connectivity index (χ1) is 12.3. The van der Waals surface area contributed by atoms with Gasteiger partial charge in [0.1, 0.15) is 5.75 Å². The maximum Gasteiger partial charge on any atom is 0.159 e. The highest BCUT2D eigenvalue weighted by atomic mass is 127. The number of hydrogen-bond acceptors (Lipinski definition) is 3. The number of hydrogen-bond donors (Lipinski definition) is 0. The van der Waals surface area contributed by atoms with Crippen molar-refractivity contribution in [2.75, 3.05) is 6.61 Å². The first-order valence-corrected chi connectivity index (χ1v) is 9.87. The van der Waals surface area contributed by atoms with Crippen LogP contribution in [0.3, 0.4) is 0 Å². The van der Waals surface area contributed by atoms with Crippen LogP contribution in [0.1, 0.15) is 70.8 Å². The topological polar surface area (TPSA) is 35.0 Å². The van der Waals surface area contributed by atoms with Crippen molar-refractivity contribution >= 4 is 0 Å². The standard InChI is InChI=1S/C22H32N2O.HI/c1-3-5-7-8-9-10-11-19-17-23-22(24-18-19)20-12-14-21(15-13-20)25-16-6-4-2;/h12-15,17-18H,3-11,16H2,1-2H3;1H/p-1. The Labute approximate surface area is 176 Å². The molecule has 0 aliphatic rings. The summed E-state index contributed by atoms with van der Waals surface area (Å²) in [6, 6.07) is 8.06. The van der Waals surface area contributed by atoms with Crippen molar-refractivity contribution in [3.8, 4) is 17.1 Å². The minimum Gasteiger partial charge on any atom is -1.00 e. The fraction of sp³-hybridized carbons (Fsp3) is 0.545. The zero-order valence-electron chi connectivity index (χ0n) is 16.2. The number of aromatic nitrogens is 2. The van der Waals surface area contributed by atoms with Gasteiger partial charge in [-0.2, -0.15) is 0 Å². The molecule has 3 nitrogen and oxygen atoms in total. The predicted octanol–water partition coefficient (Wildman–Crippen LogP) is 3.23. The van der Waals surface area contributed by atoms with Crippen LogP contribution in [-0.4, -0.2) is 16.6 Å². The van der Waals surface area contributed by atoms with Crippen molar-refractivity contribution in [2.24, 2.45) is 0 Å². The first kappa shape index (κ1) is 22.9. The average molecular weight is 467 g/mol. The van der Waals surface area contributed by atoms with E-state index in [0.29, 0.717) is 0 Å². The van der Waals surface area contributed by atoms with Crippen LogP contribution in [0, 0.1) is 0 Å². The van der Waals surface area contributed by atoms with Gasteiger partial charge in [0.2, 0.25) is 0 Å². The molecule has 0 amide bonds. The third-order valence-corrected chi connectivity index (χ3v) is 4.40. The van der Waals surface area contributed by atoms with E-state index in [4.69, 9.17) is 4.74 Å². The van der Waals surface area contributed by atoms with Gasteiger partial charge < -0.3 is 28.7 Å². The van der Waals surface area contributed by atoms with E-state index in [1.54, 1.807) is 0 Å². The maximum absolute atomic E-state index is 5.69. The van der Waals surface area contributed by atoms with Gasteiger partial charge in [-0.05, 0) is 49.1 Å². The third kappa shape index (κ3) is 8.47. The van der Waals surface area contributed by atoms with Crippen molar-refractivity contribution in [2.45, 2.75) is 71.6 Å². The highest BCUT2D eigenvalue weighted by Crippen LogP contribution is 2.20. The second-order valence-corrected chi connectivity index (χ2v) is 6.66. The summed E-state index contributed by atoms with van der Waals surface area (Å²) >= 11 is 0. The lowest BCUT2D eigenvalue weighted by molar-refractivity contribution is -0.00000595. The molecule has 2 aromatic rings. The van der Waals surface area contributed by atoms with Crippen LogP contribution >= 0.6 is 0 Å². The van der Waals surface area contributed by atoms with Crippen LogP contribution in [0.2, 0.25) is 0 Å². The summed E-state index contributed by atoms with van der Waals surface area (Å²) in [6.45, 7) is 5.20. The van der Waals surface area contributed by atoms with Crippen molar-refractivity contribution in [3.05, 3.63) is 42.2 Å². The Morgan fingerprint density at radius 2 is 1.38 bits per heavy atom. The molecule has 2 rings (SSSR count). The molecule has 0 saturated heterocycles. The Bertz CT molecular complexity index is 584. The largest absolute Gasteiger partial charge is 1.00 e. The van der Waals surface area contributed by atoms with E-state index in [-0.39, 0.29) is 24.0 Å². The van der Waals surface area contributed by atoms with Gasteiger partial charge >= 0.3 is 0 Å². The van der Waals surface area contributed by atoms with Gasteiger partial charge in [0, 0.05) is 18.0 Å². The number of benzene rings is 1. The summed E-state index contributed by atoms with van der Waals surface area (Å²) in [5.74, 6) is 1.70. The molecule has 0 N–H and O–H groups in total. The molecule has 0 fully saturated rings. The van der Waals surface area contributed by atoms with Gasteiger partial charge in [0.25, 0.3) is 0 Å². The molecule has 26 heavy (non-hydrogen) atoms. The second-order valence-electron chi connectivity index (χ2n) is 6.66. The van der Waals surface area contributed by atoms with Gasteiger partial charge in [0.15, 0.2) is 5.82 Å². The van der Waals surface area contributed by atoms with Crippen LogP contribution < -0.4 is 28.7 Å². The Balaban J connectivity index is 0.00000338. The summed E-state index contributed by atoms with van der Waals surface area (Å²) in [7, 11) is 0. The van der Waals surface area contributed by atoms with Crippen molar-refractivity contribution in [3.63, 3.8) is 0 Å². The van der Waals surface area contributed by atoms with E-state index in [0.717, 1.165) is 43.0 Å². The SMILES string of the molecule is CCCCCCCCc1cnc(-c2ccc(OCCCC)cc2)nc1.[I-]. The number of aryl methyl sites for hydroxylation is 1. The quantitative estimate of drug-likeness (QED) is 0.355. The third-order valence-electron chi connectivity index (χ3n) is 4.40. The zero-order valence-corrected chi connectivity index (χ0v) is 18.4. The van der Waals surface area contributed by atoms with Gasteiger partial charge in [-0.3, -0.25) is 0 Å². The lowest BCUT2D eigenvalue weighted by Crippen LogP contribution is -3.00. The fourth-order valence-electron chi connectivity index (χ4n) is 2.78. The van der Waals surface area contributed by atoms with Crippen LogP contribution in [0.15, 0.2) is 36.7 Å². The van der Waals surface area contributed by atoms with Gasteiger partial charge in [-0.25, -0.2) is 9.97 Å². The molecule has 1 aromatic heterocycles. The molecular weight excluding hydrogens is 435 g/mol. The van der Waals surface area contributed by atoms with Crippen LogP contribution in [-0.2, 0) is 6.42 Å². The minimum atomic E-state index is 0. The van der Waals surface area contributed by atoms with Crippen LogP contribution in [0.5, 0.6) is 5.75 Å². The minimum absolute atomic E-state index is 0. The monoisotopic (exact) mass is 467 g/mol. The molecule has 0 unspecified atom stereocenters. The van der Waals surface area contributed by atoms with E-state index >= 15 is 0 Å². The number of halogens is 1. The van der Waals surface area contributed by atoms with Crippen molar-refractivity contribution in [1.82, 2.24) is 9.97 Å². The zero-order chi connectivity index (χ0) is 17.7. The summed E-state index contributed by atoms with van der Waals surface area (Å²) in [6.07, 6.45) is 15.2. The molecule has 144 valence electrons. The Kier molecular flexibility index (Phi) is 12.3. The molecule has 0 atom stereocenters. The van der Waals surface area contributed by atoms with Gasteiger partial charge in [0.05, 0.1) is 6.61 Å². The maximum atomic E-state index is 5.69. The molecule has 4 heteroatoms. The number of rotatable bonds is 12. The second kappa shape index (κ2) is 14.0. The van der Waals surface area contributed by atoms with Crippen LogP contribution in [0.25, 0.3) is 11.4 Å². The fourth-order valence-corrected chi connectivity index (χ4v) is 2.78. The summed E-state index contributed by atoms with van der Waals surface area (Å²) < 4.78 is 5.69. The predicted molar refractivity (Wildman–Crippen MR) is 105 cm³/mol. The van der Waals surface area contributed by atoms with Crippen LogP contribution in [0.4, 0.5) is 0 Å². The summed E-state index contributed by atoms with van der Waals surface area (Å²) in [4.78, 5) is 9.06. The highest BCUT2D eigenvalue weighted by molar-refractivity contribution is 5.55. The Hall–Kier alpha value is -1.17. The number of ether oxygens (including phenoxy) is 1. The van der Waals surface area contributed by atoms with E-state index in [1.165, 1.54) is 44.1 Å². The van der Waals surface area contributed by atoms with Gasteiger partial charge in [-0.15, -0.1) is 0 Å². The molecule has 0 aliphatic heterocycles. The van der Waals surface area contributed by atoms with E-state index in [2.05, 4.69) is 23.8 Å². The van der Waals surface area contributed by atoms with E-state index in [9.17, 15) is 0 Å². The van der Waals surface area contributed by atoms with Crippen molar-refractivity contribution in [1.29, 1.82) is 0 Å². The summed E-state index contributed by atoms with van der Waals surface area (Å²) in [5.41, 5.74) is 2.27. The molecule has 0 spiro atoms. The van der Waals surface area contributed by atoms with E-state index < -0.39 is 0 Å². The Morgan fingerprint density at radius 1 is 0.769 bits per heavy atom. The normalized spacial score (nSPS) is 10.4. The highest BCUT2D eigenvalue weighted by Gasteiger charge is 2.03. The van der Waals surface area contributed by atoms with Gasteiger partial charge in [-0.1, -0.05) is 52.4 Å². The molecule has 0 aliphatic carbocycles.